The lowest BCUT2D eigenvalue weighted by Gasteiger charge is -2.43. The topological polar surface area (TPSA) is 41.9 Å². The fraction of sp³-hybridized carbons (Fsp3) is 1.00. The summed E-state index contributed by atoms with van der Waals surface area (Å²) in [6.07, 6.45) is 3.65. The van der Waals surface area contributed by atoms with E-state index < -0.39 is 6.10 Å². The average Bonchev–Trinajstić information content (AvgIpc) is 2.41. The number of hydrogen-bond acceptors (Lipinski definition) is 4. The summed E-state index contributed by atoms with van der Waals surface area (Å²) in [6, 6.07) is 0. The molecule has 1 atom stereocenters. The van der Waals surface area contributed by atoms with Gasteiger partial charge in [0.15, 0.2) is 0 Å². The Hall–Kier alpha value is -0.160. The van der Waals surface area contributed by atoms with Gasteiger partial charge in [0.2, 0.25) is 0 Å². The Kier molecular flexibility index (Phi) is 7.91. The van der Waals surface area contributed by atoms with Crippen molar-refractivity contribution in [3.63, 3.8) is 0 Å². The zero-order chi connectivity index (χ0) is 14.1. The van der Waals surface area contributed by atoms with Gasteiger partial charge in [-0.25, -0.2) is 0 Å². The van der Waals surface area contributed by atoms with E-state index in [0.29, 0.717) is 0 Å². The maximum absolute atomic E-state index is 10.1. The number of piperidine rings is 1. The Bertz CT molecular complexity index is 225. The lowest BCUT2D eigenvalue weighted by atomic mass is 9.86. The third-order valence-electron chi connectivity index (χ3n) is 4.11. The first-order valence-corrected chi connectivity index (χ1v) is 7.76. The van der Waals surface area contributed by atoms with Crippen LogP contribution in [0, 0.1) is 0 Å². The van der Waals surface area contributed by atoms with Gasteiger partial charge in [0, 0.05) is 32.8 Å². The summed E-state index contributed by atoms with van der Waals surface area (Å²) in [5.41, 5.74) is -0.322. The molecule has 1 N–H and O–H groups in total. The van der Waals surface area contributed by atoms with Crippen LogP contribution in [0.5, 0.6) is 0 Å². The molecule has 1 aliphatic rings. The molecule has 0 aromatic heterocycles. The number of likely N-dealkylation sites (tertiary alicyclic amines) is 1. The maximum Gasteiger partial charge on any atom is 0.0961 e. The summed E-state index contributed by atoms with van der Waals surface area (Å²) in [4.78, 5) is 2.40. The molecule has 0 aromatic rings. The van der Waals surface area contributed by atoms with Crippen molar-refractivity contribution in [1.82, 2.24) is 4.90 Å². The molecule has 4 heteroatoms. The van der Waals surface area contributed by atoms with E-state index in [2.05, 4.69) is 11.8 Å². The second-order valence-electron chi connectivity index (χ2n) is 5.48. The minimum Gasteiger partial charge on any atom is -0.390 e. The van der Waals surface area contributed by atoms with Crippen molar-refractivity contribution >= 4 is 0 Å². The monoisotopic (exact) mass is 273 g/mol. The molecule has 1 aliphatic heterocycles. The fourth-order valence-electron chi connectivity index (χ4n) is 2.60. The van der Waals surface area contributed by atoms with Gasteiger partial charge < -0.3 is 19.5 Å². The first-order valence-electron chi connectivity index (χ1n) is 7.76. The Morgan fingerprint density at radius 1 is 1.21 bits per heavy atom. The molecule has 4 nitrogen and oxygen atoms in total. The largest absolute Gasteiger partial charge is 0.390 e. The highest BCUT2D eigenvalue weighted by Gasteiger charge is 2.39. The fourth-order valence-corrected chi connectivity index (χ4v) is 2.60. The molecule has 1 saturated heterocycles. The SMILES string of the molecule is CCCCOC1(C(C)O)CCN(CCOCC)CC1. The van der Waals surface area contributed by atoms with Gasteiger partial charge in [0.25, 0.3) is 0 Å². The molecule has 0 amide bonds. The predicted molar refractivity (Wildman–Crippen MR) is 77.4 cm³/mol. The van der Waals surface area contributed by atoms with Crippen molar-refractivity contribution in [3.05, 3.63) is 0 Å². The number of unbranched alkanes of at least 4 members (excludes halogenated alkanes) is 1. The third kappa shape index (κ3) is 5.38. The van der Waals surface area contributed by atoms with Gasteiger partial charge in [0.1, 0.15) is 0 Å². The number of nitrogens with zero attached hydrogens (tertiary/aromatic N) is 1. The van der Waals surface area contributed by atoms with Crippen LogP contribution in [0.4, 0.5) is 0 Å². The van der Waals surface area contributed by atoms with Gasteiger partial charge >= 0.3 is 0 Å². The van der Waals surface area contributed by atoms with E-state index in [1.165, 1.54) is 0 Å². The van der Waals surface area contributed by atoms with Crippen LogP contribution >= 0.6 is 0 Å². The number of aliphatic hydroxyl groups is 1. The second-order valence-corrected chi connectivity index (χ2v) is 5.48. The Balaban J connectivity index is 2.36. The molecule has 0 aromatic carbocycles. The average molecular weight is 273 g/mol. The number of hydrogen-bond donors (Lipinski definition) is 1. The Labute approximate surface area is 118 Å². The molecule has 0 saturated carbocycles. The zero-order valence-electron chi connectivity index (χ0n) is 12.9. The van der Waals surface area contributed by atoms with Gasteiger partial charge in [-0.05, 0) is 33.1 Å². The van der Waals surface area contributed by atoms with Gasteiger partial charge in [-0.2, -0.15) is 0 Å². The van der Waals surface area contributed by atoms with Crippen LogP contribution in [0.25, 0.3) is 0 Å². The molecular weight excluding hydrogens is 242 g/mol. The first-order chi connectivity index (χ1) is 9.14. The van der Waals surface area contributed by atoms with Crippen LogP contribution in [0.15, 0.2) is 0 Å². The summed E-state index contributed by atoms with van der Waals surface area (Å²) in [6.45, 7) is 11.4. The van der Waals surface area contributed by atoms with E-state index in [1.807, 2.05) is 13.8 Å². The molecule has 0 bridgehead atoms. The molecular formula is C15H31NO3. The molecule has 0 spiro atoms. The van der Waals surface area contributed by atoms with Crippen molar-refractivity contribution < 1.29 is 14.6 Å². The molecule has 1 fully saturated rings. The number of ether oxygens (including phenoxy) is 2. The Morgan fingerprint density at radius 3 is 2.42 bits per heavy atom. The number of aliphatic hydroxyl groups excluding tert-OH is 1. The van der Waals surface area contributed by atoms with E-state index in [9.17, 15) is 5.11 Å². The minimum absolute atomic E-state index is 0.322. The first kappa shape index (κ1) is 16.9. The number of rotatable bonds is 9. The van der Waals surface area contributed by atoms with Gasteiger partial charge in [0.05, 0.1) is 18.3 Å². The highest BCUT2D eigenvalue weighted by molar-refractivity contribution is 4.92. The summed E-state index contributed by atoms with van der Waals surface area (Å²) >= 11 is 0. The van der Waals surface area contributed by atoms with Gasteiger partial charge in [-0.1, -0.05) is 13.3 Å². The van der Waals surface area contributed by atoms with Crippen LogP contribution in [0.2, 0.25) is 0 Å². The van der Waals surface area contributed by atoms with Crippen LogP contribution in [0.3, 0.4) is 0 Å². The summed E-state index contributed by atoms with van der Waals surface area (Å²) in [7, 11) is 0. The lowest BCUT2D eigenvalue weighted by Crippen LogP contribution is -2.52. The molecule has 1 heterocycles. The van der Waals surface area contributed by atoms with E-state index >= 15 is 0 Å². The molecule has 0 aliphatic carbocycles. The van der Waals surface area contributed by atoms with Crippen LogP contribution in [-0.4, -0.2) is 61.2 Å². The normalized spacial score (nSPS) is 21.5. The standard InChI is InChI=1S/C15H31NO3/c1-4-6-12-19-15(14(3)17)7-9-16(10-8-15)11-13-18-5-2/h14,17H,4-13H2,1-3H3. The van der Waals surface area contributed by atoms with Crippen molar-refractivity contribution in [2.45, 2.75) is 58.2 Å². The van der Waals surface area contributed by atoms with Crippen molar-refractivity contribution in [1.29, 1.82) is 0 Å². The van der Waals surface area contributed by atoms with E-state index in [-0.39, 0.29) is 5.60 Å². The highest BCUT2D eigenvalue weighted by Crippen LogP contribution is 2.30. The van der Waals surface area contributed by atoms with Crippen molar-refractivity contribution in [2.24, 2.45) is 0 Å². The van der Waals surface area contributed by atoms with Gasteiger partial charge in [-0.15, -0.1) is 0 Å². The highest BCUT2D eigenvalue weighted by atomic mass is 16.5. The minimum atomic E-state index is -0.390. The summed E-state index contributed by atoms with van der Waals surface area (Å²) in [5, 5.41) is 10.1. The van der Waals surface area contributed by atoms with Crippen LogP contribution < -0.4 is 0 Å². The van der Waals surface area contributed by atoms with Crippen LogP contribution in [0.1, 0.15) is 46.5 Å². The zero-order valence-corrected chi connectivity index (χ0v) is 12.9. The second kappa shape index (κ2) is 8.90. The van der Waals surface area contributed by atoms with Crippen LogP contribution in [-0.2, 0) is 9.47 Å². The van der Waals surface area contributed by atoms with E-state index in [0.717, 1.165) is 65.1 Å². The summed E-state index contributed by atoms with van der Waals surface area (Å²) < 4.78 is 11.4. The van der Waals surface area contributed by atoms with E-state index in [4.69, 9.17) is 9.47 Å². The van der Waals surface area contributed by atoms with Crippen molar-refractivity contribution in [3.8, 4) is 0 Å². The third-order valence-corrected chi connectivity index (χ3v) is 4.11. The maximum atomic E-state index is 10.1. The predicted octanol–water partition coefficient (Wildman–Crippen LogP) is 2.05. The van der Waals surface area contributed by atoms with Crippen molar-refractivity contribution in [2.75, 3.05) is 39.5 Å². The smallest absolute Gasteiger partial charge is 0.0961 e. The van der Waals surface area contributed by atoms with Gasteiger partial charge in [-0.3, -0.25) is 0 Å². The molecule has 0 radical (unpaired) electrons. The molecule has 19 heavy (non-hydrogen) atoms. The molecule has 1 unspecified atom stereocenters. The van der Waals surface area contributed by atoms with E-state index in [1.54, 1.807) is 0 Å². The quantitative estimate of drug-likeness (QED) is 0.653. The molecule has 114 valence electrons. The molecule has 1 rings (SSSR count). The Morgan fingerprint density at radius 2 is 1.89 bits per heavy atom. The summed E-state index contributed by atoms with van der Waals surface area (Å²) in [5.74, 6) is 0. The lowest BCUT2D eigenvalue weighted by molar-refractivity contribution is -0.146.